The quantitative estimate of drug-likeness (QED) is 0.796. The Balaban J connectivity index is 1.81. The van der Waals surface area contributed by atoms with Crippen molar-refractivity contribution in [3.8, 4) is 0 Å². The monoisotopic (exact) mass is 296 g/mol. The van der Waals surface area contributed by atoms with E-state index < -0.39 is 0 Å². The van der Waals surface area contributed by atoms with Crippen molar-refractivity contribution in [2.24, 2.45) is 0 Å². The lowest BCUT2D eigenvalue weighted by Gasteiger charge is -2.09. The molecule has 0 aliphatic heterocycles. The van der Waals surface area contributed by atoms with Crippen LogP contribution in [-0.2, 0) is 17.8 Å². The van der Waals surface area contributed by atoms with Crippen LogP contribution in [0.4, 0.5) is 5.69 Å². The van der Waals surface area contributed by atoms with E-state index in [-0.39, 0.29) is 18.1 Å². The molecule has 1 amide bonds. The van der Waals surface area contributed by atoms with Crippen molar-refractivity contribution in [3.05, 3.63) is 64.7 Å². The molecule has 0 fully saturated rings. The molecule has 6 nitrogen and oxygen atoms in total. The molecule has 0 radical (unpaired) electrons. The molecule has 1 N–H and O–H groups in total. The summed E-state index contributed by atoms with van der Waals surface area (Å²) in [5.41, 5.74) is 2.02. The summed E-state index contributed by atoms with van der Waals surface area (Å²) in [6.45, 7) is 1.91. The zero-order chi connectivity index (χ0) is 15.5. The molecule has 1 aromatic carbocycles. The second kappa shape index (κ2) is 5.85. The Morgan fingerprint density at radius 3 is 2.73 bits per heavy atom. The van der Waals surface area contributed by atoms with E-state index in [4.69, 9.17) is 0 Å². The van der Waals surface area contributed by atoms with Crippen LogP contribution in [-0.4, -0.2) is 20.1 Å². The molecule has 0 unspecified atom stereocenters. The number of carbonyl (C=O) groups excluding carboxylic acids is 1. The summed E-state index contributed by atoms with van der Waals surface area (Å²) < 4.78 is 2.58. The average molecular weight is 296 g/mol. The summed E-state index contributed by atoms with van der Waals surface area (Å²) in [5.74, 6) is -0.272. The zero-order valence-electron chi connectivity index (χ0n) is 12.2. The van der Waals surface area contributed by atoms with Gasteiger partial charge in [-0.05, 0) is 30.2 Å². The zero-order valence-corrected chi connectivity index (χ0v) is 12.2. The maximum Gasteiger partial charge on any atom is 0.350 e. The normalized spacial score (nSPS) is 10.8. The van der Waals surface area contributed by atoms with E-state index in [9.17, 15) is 9.59 Å². The highest BCUT2D eigenvalue weighted by Gasteiger charge is 2.11. The van der Waals surface area contributed by atoms with E-state index in [2.05, 4.69) is 10.4 Å². The minimum atomic E-state index is -0.325. The predicted octanol–water partition coefficient (Wildman–Crippen LogP) is 1.70. The van der Waals surface area contributed by atoms with Gasteiger partial charge in [-0.2, -0.15) is 0 Å². The van der Waals surface area contributed by atoms with Crippen LogP contribution >= 0.6 is 0 Å². The van der Waals surface area contributed by atoms with Crippen LogP contribution in [0.1, 0.15) is 12.5 Å². The summed E-state index contributed by atoms with van der Waals surface area (Å²) in [6, 6.07) is 12.9. The third-order valence-corrected chi connectivity index (χ3v) is 3.45. The Kier molecular flexibility index (Phi) is 3.74. The predicted molar refractivity (Wildman–Crippen MR) is 83.9 cm³/mol. The molecule has 0 spiro atoms. The van der Waals surface area contributed by atoms with Crippen LogP contribution in [0.25, 0.3) is 5.65 Å². The van der Waals surface area contributed by atoms with Gasteiger partial charge in [0, 0.05) is 11.9 Å². The molecule has 0 bridgehead atoms. The molecule has 0 aliphatic rings. The first-order valence-electron chi connectivity index (χ1n) is 7.11. The van der Waals surface area contributed by atoms with Crippen molar-refractivity contribution in [1.29, 1.82) is 0 Å². The molecule has 0 saturated heterocycles. The number of para-hydroxylation sites is 1. The number of benzene rings is 1. The second-order valence-corrected chi connectivity index (χ2v) is 4.93. The average Bonchev–Trinajstić information content (AvgIpc) is 2.84. The third kappa shape index (κ3) is 2.63. The largest absolute Gasteiger partial charge is 0.350 e. The second-order valence-electron chi connectivity index (χ2n) is 4.93. The highest BCUT2D eigenvalue weighted by Crippen LogP contribution is 2.15. The van der Waals surface area contributed by atoms with Gasteiger partial charge in [0.25, 0.3) is 0 Å². The lowest BCUT2D eigenvalue weighted by molar-refractivity contribution is -0.117. The first-order valence-corrected chi connectivity index (χ1v) is 7.11. The fourth-order valence-corrected chi connectivity index (χ4v) is 2.35. The SMILES string of the molecule is CCc1ccccc1NC(=O)Cn1nc2ccccn2c1=O. The first-order chi connectivity index (χ1) is 10.7. The summed E-state index contributed by atoms with van der Waals surface area (Å²) in [4.78, 5) is 24.3. The number of hydrogen-bond donors (Lipinski definition) is 1. The van der Waals surface area contributed by atoms with Gasteiger partial charge in [-0.15, -0.1) is 5.10 Å². The number of hydrogen-bond acceptors (Lipinski definition) is 3. The van der Waals surface area contributed by atoms with E-state index in [1.54, 1.807) is 24.4 Å². The number of nitrogens with zero attached hydrogens (tertiary/aromatic N) is 3. The van der Waals surface area contributed by atoms with Gasteiger partial charge in [0.05, 0.1) is 0 Å². The van der Waals surface area contributed by atoms with Crippen molar-refractivity contribution in [2.75, 3.05) is 5.32 Å². The van der Waals surface area contributed by atoms with Gasteiger partial charge in [0.1, 0.15) is 6.54 Å². The number of aromatic nitrogens is 3. The Hall–Kier alpha value is -2.89. The Bertz CT molecular complexity index is 879. The van der Waals surface area contributed by atoms with Gasteiger partial charge < -0.3 is 5.32 Å². The molecule has 22 heavy (non-hydrogen) atoms. The summed E-state index contributed by atoms with van der Waals surface area (Å²) in [6.07, 6.45) is 2.45. The molecule has 3 rings (SSSR count). The molecule has 2 aromatic heterocycles. The molecule has 112 valence electrons. The van der Waals surface area contributed by atoms with Crippen LogP contribution in [0.2, 0.25) is 0 Å². The topological polar surface area (TPSA) is 68.4 Å². The van der Waals surface area contributed by atoms with Crippen LogP contribution < -0.4 is 11.0 Å². The highest BCUT2D eigenvalue weighted by molar-refractivity contribution is 5.91. The standard InChI is InChI=1S/C16H16N4O2/c1-2-12-7-3-4-8-13(12)17-15(21)11-20-16(22)19-10-6-5-9-14(19)18-20/h3-10H,2,11H2,1H3,(H,17,21). The number of nitrogens with one attached hydrogen (secondary N) is 1. The van der Waals surface area contributed by atoms with E-state index in [0.29, 0.717) is 5.65 Å². The Morgan fingerprint density at radius 2 is 1.95 bits per heavy atom. The summed E-state index contributed by atoms with van der Waals surface area (Å²) >= 11 is 0. The van der Waals surface area contributed by atoms with E-state index in [0.717, 1.165) is 17.7 Å². The van der Waals surface area contributed by atoms with Crippen LogP contribution in [0.5, 0.6) is 0 Å². The van der Waals surface area contributed by atoms with Crippen molar-refractivity contribution >= 4 is 17.2 Å². The van der Waals surface area contributed by atoms with Gasteiger partial charge in [-0.3, -0.25) is 9.20 Å². The number of rotatable bonds is 4. The molecular formula is C16H16N4O2. The molecule has 6 heteroatoms. The van der Waals surface area contributed by atoms with Crippen molar-refractivity contribution in [2.45, 2.75) is 19.9 Å². The highest BCUT2D eigenvalue weighted by atomic mass is 16.2. The molecule has 3 aromatic rings. The number of anilines is 1. The summed E-state index contributed by atoms with van der Waals surface area (Å²) in [5, 5.41) is 6.98. The van der Waals surface area contributed by atoms with Gasteiger partial charge in [-0.1, -0.05) is 31.2 Å². The fraction of sp³-hybridized carbons (Fsp3) is 0.188. The molecule has 0 saturated carbocycles. The van der Waals surface area contributed by atoms with Crippen molar-refractivity contribution in [3.63, 3.8) is 0 Å². The fourth-order valence-electron chi connectivity index (χ4n) is 2.35. The smallest absolute Gasteiger partial charge is 0.324 e. The molecular weight excluding hydrogens is 280 g/mol. The van der Waals surface area contributed by atoms with Gasteiger partial charge in [0.15, 0.2) is 5.65 Å². The van der Waals surface area contributed by atoms with Crippen LogP contribution in [0, 0.1) is 0 Å². The minimum absolute atomic E-state index is 0.113. The van der Waals surface area contributed by atoms with Crippen LogP contribution in [0.3, 0.4) is 0 Å². The van der Waals surface area contributed by atoms with Crippen LogP contribution in [0.15, 0.2) is 53.5 Å². The first kappa shape index (κ1) is 14.1. The number of carbonyl (C=O) groups is 1. The van der Waals surface area contributed by atoms with Gasteiger partial charge in [0.2, 0.25) is 5.91 Å². The molecule has 2 heterocycles. The number of pyridine rings is 1. The number of fused-ring (bicyclic) bond motifs is 1. The maximum atomic E-state index is 12.2. The minimum Gasteiger partial charge on any atom is -0.324 e. The van der Waals surface area contributed by atoms with Crippen molar-refractivity contribution < 1.29 is 4.79 Å². The lowest BCUT2D eigenvalue weighted by atomic mass is 10.1. The number of aryl methyl sites for hydroxylation is 1. The third-order valence-electron chi connectivity index (χ3n) is 3.45. The van der Waals surface area contributed by atoms with E-state index in [1.807, 2.05) is 31.2 Å². The van der Waals surface area contributed by atoms with Gasteiger partial charge in [-0.25, -0.2) is 9.48 Å². The number of amides is 1. The maximum absolute atomic E-state index is 12.2. The van der Waals surface area contributed by atoms with Gasteiger partial charge >= 0.3 is 5.69 Å². The van der Waals surface area contributed by atoms with Crippen molar-refractivity contribution in [1.82, 2.24) is 14.2 Å². The lowest BCUT2D eigenvalue weighted by Crippen LogP contribution is -2.28. The summed E-state index contributed by atoms with van der Waals surface area (Å²) in [7, 11) is 0. The van der Waals surface area contributed by atoms with E-state index >= 15 is 0 Å². The Labute approximate surface area is 127 Å². The molecule has 0 aliphatic carbocycles. The Morgan fingerprint density at radius 1 is 1.18 bits per heavy atom. The van der Waals surface area contributed by atoms with E-state index in [1.165, 1.54) is 9.08 Å². The molecule has 0 atom stereocenters.